The minimum absolute atomic E-state index is 1.08. The maximum atomic E-state index is 3.51. The Morgan fingerprint density at radius 1 is 0.290 bits per heavy atom. The van der Waals surface area contributed by atoms with Crippen LogP contribution in [0.2, 0.25) is 0 Å². The van der Waals surface area contributed by atoms with Gasteiger partial charge < -0.3 is 5.32 Å². The summed E-state index contributed by atoms with van der Waals surface area (Å²) in [6, 6.07) is 46.8. The molecule has 0 aliphatic rings. The molecule has 0 aromatic heterocycles. The molecule has 31 heavy (non-hydrogen) atoms. The minimum atomic E-state index is 1.08. The Hall–Kier alpha value is -4.10. The predicted molar refractivity (Wildman–Crippen MR) is 132 cm³/mol. The molecule has 148 valence electrons. The van der Waals surface area contributed by atoms with Crippen LogP contribution in [0.4, 0.5) is 11.4 Å². The molecule has 0 heterocycles. The van der Waals surface area contributed by atoms with E-state index in [1.54, 1.807) is 0 Å². The second-order valence-electron chi connectivity index (χ2n) is 7.56. The van der Waals surface area contributed by atoms with Crippen molar-refractivity contribution in [3.8, 4) is 33.4 Å². The summed E-state index contributed by atoms with van der Waals surface area (Å²) in [7, 11) is 0. The largest absolute Gasteiger partial charge is 0.356 e. The van der Waals surface area contributed by atoms with Gasteiger partial charge in [-0.05, 0) is 57.6 Å². The van der Waals surface area contributed by atoms with E-state index in [0.717, 1.165) is 11.4 Å². The van der Waals surface area contributed by atoms with Gasteiger partial charge in [-0.25, -0.2) is 0 Å². The van der Waals surface area contributed by atoms with Crippen LogP contribution in [0.5, 0.6) is 0 Å². The molecule has 0 aliphatic heterocycles. The first kappa shape index (κ1) is 18.9. The lowest BCUT2D eigenvalue weighted by Crippen LogP contribution is -1.91. The van der Waals surface area contributed by atoms with Crippen LogP contribution in [0, 0.1) is 0 Å². The second kappa shape index (κ2) is 8.73. The van der Waals surface area contributed by atoms with E-state index in [2.05, 4.69) is 133 Å². The van der Waals surface area contributed by atoms with Crippen LogP contribution in [0.1, 0.15) is 0 Å². The zero-order chi connectivity index (χ0) is 20.9. The van der Waals surface area contributed by atoms with Gasteiger partial charge in [0.1, 0.15) is 0 Å². The molecule has 1 heteroatoms. The van der Waals surface area contributed by atoms with E-state index in [-0.39, 0.29) is 0 Å². The monoisotopic (exact) mass is 397 g/mol. The minimum Gasteiger partial charge on any atom is -0.356 e. The molecule has 1 N–H and O–H groups in total. The fourth-order valence-electron chi connectivity index (χ4n) is 3.88. The summed E-state index contributed by atoms with van der Waals surface area (Å²) < 4.78 is 0. The second-order valence-corrected chi connectivity index (χ2v) is 7.56. The first-order chi connectivity index (χ1) is 15.4. The molecule has 5 aromatic carbocycles. The van der Waals surface area contributed by atoms with Crippen LogP contribution in [0.25, 0.3) is 33.4 Å². The quantitative estimate of drug-likeness (QED) is 0.314. The Bertz CT molecular complexity index is 1260. The summed E-state index contributed by atoms with van der Waals surface area (Å²) in [5.74, 6) is 0. The van der Waals surface area contributed by atoms with Gasteiger partial charge in [-0.2, -0.15) is 0 Å². The van der Waals surface area contributed by atoms with E-state index < -0.39 is 0 Å². The molecule has 0 fully saturated rings. The third-order valence-electron chi connectivity index (χ3n) is 5.49. The van der Waals surface area contributed by atoms with Crippen LogP contribution in [0.15, 0.2) is 133 Å². The smallest absolute Gasteiger partial charge is 0.0384 e. The molecule has 0 saturated heterocycles. The number of hydrogen-bond acceptors (Lipinski definition) is 1. The Kier molecular flexibility index (Phi) is 5.32. The van der Waals surface area contributed by atoms with Crippen molar-refractivity contribution in [3.63, 3.8) is 0 Å². The van der Waals surface area contributed by atoms with Crippen LogP contribution < -0.4 is 5.32 Å². The maximum Gasteiger partial charge on any atom is 0.0384 e. The zero-order valence-corrected chi connectivity index (χ0v) is 17.2. The van der Waals surface area contributed by atoms with Crippen LogP contribution in [0.3, 0.4) is 0 Å². The summed E-state index contributed by atoms with van der Waals surface area (Å²) in [4.78, 5) is 0. The van der Waals surface area contributed by atoms with Crippen LogP contribution in [-0.2, 0) is 0 Å². The summed E-state index contributed by atoms with van der Waals surface area (Å²) >= 11 is 0. The first-order valence-corrected chi connectivity index (χ1v) is 10.5. The van der Waals surface area contributed by atoms with Crippen molar-refractivity contribution >= 4 is 11.4 Å². The number of nitrogens with one attached hydrogen (secondary N) is 1. The normalized spacial score (nSPS) is 10.6. The Morgan fingerprint density at radius 3 is 1.16 bits per heavy atom. The summed E-state index contributed by atoms with van der Waals surface area (Å²) in [6.45, 7) is 0. The topological polar surface area (TPSA) is 12.0 Å². The third kappa shape index (κ3) is 4.26. The van der Waals surface area contributed by atoms with E-state index in [0.29, 0.717) is 0 Å². The first-order valence-electron chi connectivity index (χ1n) is 10.5. The van der Waals surface area contributed by atoms with Gasteiger partial charge >= 0.3 is 0 Å². The van der Waals surface area contributed by atoms with E-state index in [1.807, 2.05) is 6.07 Å². The summed E-state index contributed by atoms with van der Waals surface area (Å²) in [5, 5.41) is 3.51. The highest BCUT2D eigenvalue weighted by molar-refractivity contribution is 5.84. The maximum absolute atomic E-state index is 3.51. The van der Waals surface area contributed by atoms with Crippen LogP contribution >= 0.6 is 0 Å². The molecule has 0 atom stereocenters. The molecule has 5 aromatic rings. The summed E-state index contributed by atoms with van der Waals surface area (Å²) in [6.07, 6.45) is 0. The molecular weight excluding hydrogens is 374 g/mol. The van der Waals surface area contributed by atoms with Crippen molar-refractivity contribution in [2.24, 2.45) is 0 Å². The van der Waals surface area contributed by atoms with Gasteiger partial charge in [-0.3, -0.25) is 0 Å². The summed E-state index contributed by atoms with van der Waals surface area (Å²) in [5.41, 5.74) is 9.55. The van der Waals surface area contributed by atoms with Gasteiger partial charge in [-0.1, -0.05) is 109 Å². The molecule has 0 spiro atoms. The molecule has 1 nitrogen and oxygen atoms in total. The molecule has 0 radical (unpaired) electrons. The van der Waals surface area contributed by atoms with Crippen molar-refractivity contribution in [1.82, 2.24) is 0 Å². The fraction of sp³-hybridized carbons (Fsp3) is 0. The number of benzene rings is 5. The van der Waals surface area contributed by atoms with E-state index >= 15 is 0 Å². The SMILES string of the molecule is c1ccc(-c2ccc(Nc3ccc(-c4ccccc4-c4ccccc4)cc3)cc2)cc1. The van der Waals surface area contributed by atoms with Crippen molar-refractivity contribution in [3.05, 3.63) is 133 Å². The van der Waals surface area contributed by atoms with Gasteiger partial charge in [0.05, 0.1) is 0 Å². The third-order valence-corrected chi connectivity index (χ3v) is 5.49. The molecule has 0 saturated carbocycles. The van der Waals surface area contributed by atoms with Gasteiger partial charge in [0, 0.05) is 11.4 Å². The van der Waals surface area contributed by atoms with Crippen molar-refractivity contribution in [2.75, 3.05) is 5.32 Å². The number of rotatable bonds is 5. The number of hydrogen-bond donors (Lipinski definition) is 1. The van der Waals surface area contributed by atoms with Crippen molar-refractivity contribution in [2.45, 2.75) is 0 Å². The molecule has 0 bridgehead atoms. The van der Waals surface area contributed by atoms with Crippen LogP contribution in [-0.4, -0.2) is 0 Å². The van der Waals surface area contributed by atoms with Gasteiger partial charge in [0.15, 0.2) is 0 Å². The molecular formula is C30H23N. The van der Waals surface area contributed by atoms with Crippen molar-refractivity contribution in [1.29, 1.82) is 0 Å². The molecule has 0 unspecified atom stereocenters. The lowest BCUT2D eigenvalue weighted by atomic mass is 9.94. The lowest BCUT2D eigenvalue weighted by molar-refractivity contribution is 1.53. The Morgan fingerprint density at radius 2 is 0.645 bits per heavy atom. The van der Waals surface area contributed by atoms with Gasteiger partial charge in [0.2, 0.25) is 0 Å². The van der Waals surface area contributed by atoms with E-state index in [9.17, 15) is 0 Å². The molecule has 0 amide bonds. The average molecular weight is 398 g/mol. The lowest BCUT2D eigenvalue weighted by Gasteiger charge is -2.12. The highest BCUT2D eigenvalue weighted by Crippen LogP contribution is 2.33. The molecule has 0 aliphatic carbocycles. The predicted octanol–water partition coefficient (Wildman–Crippen LogP) is 8.43. The highest BCUT2D eigenvalue weighted by atomic mass is 14.9. The molecule has 5 rings (SSSR count). The van der Waals surface area contributed by atoms with E-state index in [4.69, 9.17) is 0 Å². The fourth-order valence-corrected chi connectivity index (χ4v) is 3.88. The van der Waals surface area contributed by atoms with Gasteiger partial charge in [0.25, 0.3) is 0 Å². The Labute approximate surface area is 183 Å². The standard InChI is InChI=1S/C30H23N/c1-3-9-23(10-4-1)24-15-19-27(20-16-24)31-28-21-17-26(18-22-28)30-14-8-7-13-29(30)25-11-5-2-6-12-25/h1-22,31H. The Balaban J connectivity index is 1.36. The number of anilines is 2. The van der Waals surface area contributed by atoms with E-state index in [1.165, 1.54) is 33.4 Å². The van der Waals surface area contributed by atoms with Gasteiger partial charge in [-0.15, -0.1) is 0 Å². The average Bonchev–Trinajstić information content (AvgIpc) is 2.86. The van der Waals surface area contributed by atoms with Crippen molar-refractivity contribution < 1.29 is 0 Å². The zero-order valence-electron chi connectivity index (χ0n) is 17.2. The highest BCUT2D eigenvalue weighted by Gasteiger charge is 2.07.